The van der Waals surface area contributed by atoms with E-state index in [4.69, 9.17) is 5.73 Å². The molecule has 1 atom stereocenters. The van der Waals surface area contributed by atoms with E-state index in [2.05, 4.69) is 17.4 Å². The molecule has 0 unspecified atom stereocenters. The Hall–Kier alpha value is -2.62. The summed E-state index contributed by atoms with van der Waals surface area (Å²) in [5.74, 6) is -0.620. The number of primary amides is 1. The van der Waals surface area contributed by atoms with Crippen LogP contribution >= 0.6 is 0 Å². The van der Waals surface area contributed by atoms with E-state index in [-0.39, 0.29) is 11.9 Å². The van der Waals surface area contributed by atoms with Crippen LogP contribution in [0.3, 0.4) is 0 Å². The second kappa shape index (κ2) is 6.02. The van der Waals surface area contributed by atoms with Crippen LogP contribution in [-0.2, 0) is 6.42 Å². The predicted molar refractivity (Wildman–Crippen MR) is 84.5 cm³/mol. The normalized spacial score (nSPS) is 16.6. The highest BCUT2D eigenvalue weighted by Crippen LogP contribution is 2.29. The largest absolute Gasteiger partial charge is 0.366 e. The van der Waals surface area contributed by atoms with Crippen molar-refractivity contribution in [1.82, 2.24) is 5.32 Å². The standard InChI is InChI=1S/C18H18N2O2/c19-17(21)13-8-10-14(11-9-13)18(22)20-16-7-3-5-12-4-1-2-6-15(12)16/h1-2,4,6,8-11,16H,3,5,7H2,(H2,19,21)(H,20,22)/t16-/m1/s1. The van der Waals surface area contributed by atoms with Gasteiger partial charge in [-0.25, -0.2) is 0 Å². The van der Waals surface area contributed by atoms with Crippen LogP contribution in [0.15, 0.2) is 48.5 Å². The van der Waals surface area contributed by atoms with Gasteiger partial charge in [0.1, 0.15) is 0 Å². The molecule has 2 aromatic carbocycles. The molecule has 0 saturated heterocycles. The maximum Gasteiger partial charge on any atom is 0.251 e. The van der Waals surface area contributed by atoms with Crippen molar-refractivity contribution in [2.75, 3.05) is 0 Å². The highest BCUT2D eigenvalue weighted by Gasteiger charge is 2.21. The minimum Gasteiger partial charge on any atom is -0.366 e. The van der Waals surface area contributed by atoms with Gasteiger partial charge in [-0.05, 0) is 54.7 Å². The van der Waals surface area contributed by atoms with Gasteiger partial charge in [0.2, 0.25) is 5.91 Å². The third kappa shape index (κ3) is 2.86. The highest BCUT2D eigenvalue weighted by atomic mass is 16.2. The summed E-state index contributed by atoms with van der Waals surface area (Å²) in [7, 11) is 0. The predicted octanol–water partition coefficient (Wildman–Crippen LogP) is 2.59. The summed E-state index contributed by atoms with van der Waals surface area (Å²) in [6, 6.07) is 14.7. The molecular weight excluding hydrogens is 276 g/mol. The zero-order valence-corrected chi connectivity index (χ0v) is 12.2. The molecule has 1 aliphatic rings. The van der Waals surface area contributed by atoms with Crippen LogP contribution in [0.1, 0.15) is 50.7 Å². The summed E-state index contributed by atoms with van der Waals surface area (Å²) in [4.78, 5) is 23.4. The van der Waals surface area contributed by atoms with Crippen molar-refractivity contribution in [2.45, 2.75) is 25.3 Å². The zero-order valence-electron chi connectivity index (χ0n) is 12.2. The molecule has 0 spiro atoms. The van der Waals surface area contributed by atoms with Crippen LogP contribution in [0.4, 0.5) is 0 Å². The number of hydrogen-bond acceptors (Lipinski definition) is 2. The van der Waals surface area contributed by atoms with Gasteiger partial charge >= 0.3 is 0 Å². The van der Waals surface area contributed by atoms with Gasteiger partial charge in [-0.2, -0.15) is 0 Å². The molecule has 0 bridgehead atoms. The van der Waals surface area contributed by atoms with Gasteiger partial charge in [0.25, 0.3) is 5.91 Å². The topological polar surface area (TPSA) is 72.2 Å². The number of carbonyl (C=O) groups is 2. The first kappa shape index (κ1) is 14.3. The van der Waals surface area contributed by atoms with Gasteiger partial charge in [0.15, 0.2) is 0 Å². The molecule has 112 valence electrons. The Balaban J connectivity index is 1.76. The van der Waals surface area contributed by atoms with Crippen LogP contribution in [-0.4, -0.2) is 11.8 Å². The van der Waals surface area contributed by atoms with E-state index in [0.29, 0.717) is 11.1 Å². The van der Waals surface area contributed by atoms with E-state index < -0.39 is 5.91 Å². The van der Waals surface area contributed by atoms with E-state index in [1.165, 1.54) is 11.1 Å². The quantitative estimate of drug-likeness (QED) is 0.913. The summed E-state index contributed by atoms with van der Waals surface area (Å²) < 4.78 is 0. The number of hydrogen-bond donors (Lipinski definition) is 2. The van der Waals surface area contributed by atoms with E-state index in [9.17, 15) is 9.59 Å². The molecule has 0 saturated carbocycles. The van der Waals surface area contributed by atoms with Crippen LogP contribution in [0, 0.1) is 0 Å². The maximum absolute atomic E-state index is 12.4. The monoisotopic (exact) mass is 294 g/mol. The second-order valence-electron chi connectivity index (χ2n) is 5.56. The third-order valence-corrected chi connectivity index (χ3v) is 4.11. The number of benzene rings is 2. The van der Waals surface area contributed by atoms with E-state index >= 15 is 0 Å². The van der Waals surface area contributed by atoms with Gasteiger partial charge in [-0.1, -0.05) is 24.3 Å². The number of nitrogens with two attached hydrogens (primary N) is 1. The van der Waals surface area contributed by atoms with Crippen molar-refractivity contribution >= 4 is 11.8 Å². The minimum absolute atomic E-state index is 0.0493. The lowest BCUT2D eigenvalue weighted by atomic mass is 9.87. The molecule has 4 heteroatoms. The smallest absolute Gasteiger partial charge is 0.251 e. The number of rotatable bonds is 3. The van der Waals surface area contributed by atoms with Crippen LogP contribution < -0.4 is 11.1 Å². The lowest BCUT2D eigenvalue weighted by Crippen LogP contribution is -2.31. The Kier molecular flexibility index (Phi) is 3.92. The highest BCUT2D eigenvalue weighted by molar-refractivity contribution is 5.97. The molecule has 1 aliphatic carbocycles. The number of amides is 2. The molecule has 22 heavy (non-hydrogen) atoms. The number of nitrogens with one attached hydrogen (secondary N) is 1. The lowest BCUT2D eigenvalue weighted by Gasteiger charge is -2.26. The van der Waals surface area contributed by atoms with E-state index in [0.717, 1.165) is 19.3 Å². The van der Waals surface area contributed by atoms with Crippen molar-refractivity contribution in [3.05, 3.63) is 70.8 Å². The fourth-order valence-corrected chi connectivity index (χ4v) is 2.93. The molecule has 0 aliphatic heterocycles. The maximum atomic E-state index is 12.4. The Morgan fingerprint density at radius 2 is 1.68 bits per heavy atom. The van der Waals surface area contributed by atoms with E-state index in [1.54, 1.807) is 24.3 Å². The number of carbonyl (C=O) groups excluding carboxylic acids is 2. The number of aryl methyl sites for hydroxylation is 1. The van der Waals surface area contributed by atoms with Crippen molar-refractivity contribution < 1.29 is 9.59 Å². The fraction of sp³-hybridized carbons (Fsp3) is 0.222. The fourth-order valence-electron chi connectivity index (χ4n) is 2.93. The van der Waals surface area contributed by atoms with Gasteiger partial charge in [-0.3, -0.25) is 9.59 Å². The van der Waals surface area contributed by atoms with Crippen LogP contribution in [0.25, 0.3) is 0 Å². The molecule has 0 heterocycles. The third-order valence-electron chi connectivity index (χ3n) is 4.11. The summed E-state index contributed by atoms with van der Waals surface area (Å²) in [6.07, 6.45) is 3.08. The second-order valence-corrected chi connectivity index (χ2v) is 5.56. The summed E-state index contributed by atoms with van der Waals surface area (Å²) in [5, 5.41) is 3.08. The average molecular weight is 294 g/mol. The van der Waals surface area contributed by atoms with Crippen molar-refractivity contribution in [3.63, 3.8) is 0 Å². The first-order valence-electron chi connectivity index (χ1n) is 7.43. The van der Waals surface area contributed by atoms with Gasteiger partial charge in [0.05, 0.1) is 6.04 Å². The van der Waals surface area contributed by atoms with Gasteiger partial charge < -0.3 is 11.1 Å². The number of fused-ring (bicyclic) bond motifs is 1. The molecule has 0 radical (unpaired) electrons. The zero-order chi connectivity index (χ0) is 15.5. The van der Waals surface area contributed by atoms with Gasteiger partial charge in [0, 0.05) is 11.1 Å². The van der Waals surface area contributed by atoms with Crippen molar-refractivity contribution in [2.24, 2.45) is 5.73 Å². The van der Waals surface area contributed by atoms with Crippen molar-refractivity contribution in [1.29, 1.82) is 0 Å². The Morgan fingerprint density at radius 1 is 1.00 bits per heavy atom. The molecule has 0 aromatic heterocycles. The molecule has 3 N–H and O–H groups in total. The summed E-state index contributed by atoms with van der Waals surface area (Å²) in [6.45, 7) is 0. The molecule has 2 amide bonds. The average Bonchev–Trinajstić information content (AvgIpc) is 2.55. The van der Waals surface area contributed by atoms with E-state index in [1.807, 2.05) is 12.1 Å². The van der Waals surface area contributed by atoms with Crippen LogP contribution in [0.2, 0.25) is 0 Å². The molecule has 2 aromatic rings. The SMILES string of the molecule is NC(=O)c1ccc(C(=O)N[C@@H]2CCCc3ccccc32)cc1. The Bertz CT molecular complexity index is 707. The first-order chi connectivity index (χ1) is 10.6. The lowest BCUT2D eigenvalue weighted by molar-refractivity contribution is 0.0930. The molecule has 4 nitrogen and oxygen atoms in total. The molecular formula is C18H18N2O2. The summed E-state index contributed by atoms with van der Waals surface area (Å²) >= 11 is 0. The Morgan fingerprint density at radius 3 is 2.41 bits per heavy atom. The minimum atomic E-state index is -0.492. The first-order valence-corrected chi connectivity index (χ1v) is 7.43. The molecule has 0 fully saturated rings. The van der Waals surface area contributed by atoms with Crippen LogP contribution in [0.5, 0.6) is 0 Å². The summed E-state index contributed by atoms with van der Waals surface area (Å²) in [5.41, 5.74) is 8.65. The Labute approximate surface area is 129 Å². The van der Waals surface area contributed by atoms with Crippen molar-refractivity contribution in [3.8, 4) is 0 Å². The van der Waals surface area contributed by atoms with Gasteiger partial charge in [-0.15, -0.1) is 0 Å². The molecule has 3 rings (SSSR count).